The lowest BCUT2D eigenvalue weighted by molar-refractivity contribution is 0.301. The average molecular weight is 221 g/mol. The van der Waals surface area contributed by atoms with E-state index in [-0.39, 0.29) is 12.4 Å². The van der Waals surface area contributed by atoms with E-state index < -0.39 is 0 Å². The fourth-order valence-corrected chi connectivity index (χ4v) is 1.70. The van der Waals surface area contributed by atoms with E-state index in [4.69, 9.17) is 16.2 Å². The van der Waals surface area contributed by atoms with E-state index in [0.29, 0.717) is 24.0 Å². The normalized spacial score (nSPS) is 14.8. The highest BCUT2D eigenvalue weighted by molar-refractivity contribution is 5.99. The van der Waals surface area contributed by atoms with Gasteiger partial charge >= 0.3 is 0 Å². The van der Waals surface area contributed by atoms with Crippen molar-refractivity contribution in [3.05, 3.63) is 17.8 Å². The smallest absolute Gasteiger partial charge is 0.162 e. The summed E-state index contributed by atoms with van der Waals surface area (Å²) in [6.45, 7) is 0.564. The van der Waals surface area contributed by atoms with Gasteiger partial charge in [0.25, 0.3) is 0 Å². The van der Waals surface area contributed by atoms with Gasteiger partial charge in [-0.2, -0.15) is 5.10 Å². The molecule has 0 bridgehead atoms. The predicted molar refractivity (Wildman–Crippen MR) is 60.5 cm³/mol. The van der Waals surface area contributed by atoms with E-state index in [9.17, 15) is 0 Å². The number of hydrogen-bond donors (Lipinski definition) is 3. The number of amidine groups is 1. The monoisotopic (exact) mass is 221 g/mol. The van der Waals surface area contributed by atoms with Crippen molar-refractivity contribution in [2.75, 3.05) is 18.1 Å². The molecule has 1 saturated carbocycles. The van der Waals surface area contributed by atoms with Gasteiger partial charge in [0.05, 0.1) is 18.4 Å². The molecule has 6 heteroatoms. The molecule has 4 N–H and O–H groups in total. The summed E-state index contributed by atoms with van der Waals surface area (Å²) < 4.78 is 0. The Labute approximate surface area is 93.6 Å². The first-order chi connectivity index (χ1) is 7.74. The first kappa shape index (κ1) is 10.8. The molecule has 1 aliphatic rings. The molecule has 86 valence electrons. The molecule has 1 aliphatic carbocycles. The van der Waals surface area contributed by atoms with Crippen LogP contribution in [0.15, 0.2) is 12.3 Å². The SMILES string of the molecule is N=C(N)c1ccnnc1N(CCO)C1CC1. The van der Waals surface area contributed by atoms with Gasteiger partial charge < -0.3 is 15.7 Å². The Morgan fingerprint density at radius 1 is 1.62 bits per heavy atom. The van der Waals surface area contributed by atoms with Gasteiger partial charge in [-0.25, -0.2) is 0 Å². The summed E-state index contributed by atoms with van der Waals surface area (Å²) >= 11 is 0. The maximum atomic E-state index is 9.03. The predicted octanol–water partition coefficient (Wildman–Crippen LogP) is -0.278. The number of hydrogen-bond acceptors (Lipinski definition) is 5. The van der Waals surface area contributed by atoms with Crippen molar-refractivity contribution < 1.29 is 5.11 Å². The Hall–Kier alpha value is -1.69. The quantitative estimate of drug-likeness (QED) is 0.469. The van der Waals surface area contributed by atoms with Gasteiger partial charge in [-0.3, -0.25) is 5.41 Å². The van der Waals surface area contributed by atoms with E-state index in [1.165, 1.54) is 6.20 Å². The molecule has 0 saturated heterocycles. The Bertz CT molecular complexity index is 391. The fraction of sp³-hybridized carbons (Fsp3) is 0.500. The summed E-state index contributed by atoms with van der Waals surface area (Å²) in [7, 11) is 0. The van der Waals surface area contributed by atoms with Crippen molar-refractivity contribution >= 4 is 11.7 Å². The molecule has 0 atom stereocenters. The molecule has 0 spiro atoms. The lowest BCUT2D eigenvalue weighted by Gasteiger charge is -2.23. The fourth-order valence-electron chi connectivity index (χ4n) is 1.70. The summed E-state index contributed by atoms with van der Waals surface area (Å²) in [5.41, 5.74) is 6.07. The summed E-state index contributed by atoms with van der Waals surface area (Å²) in [6.07, 6.45) is 3.70. The molecule has 2 rings (SSSR count). The third-order valence-electron chi connectivity index (χ3n) is 2.59. The van der Waals surface area contributed by atoms with Crippen molar-refractivity contribution in [3.63, 3.8) is 0 Å². The number of nitrogen functional groups attached to an aromatic ring is 1. The first-order valence-electron chi connectivity index (χ1n) is 5.27. The molecule has 0 radical (unpaired) electrons. The van der Waals surface area contributed by atoms with Crippen LogP contribution in [0.25, 0.3) is 0 Å². The molecule has 0 amide bonds. The zero-order chi connectivity index (χ0) is 11.5. The summed E-state index contributed by atoms with van der Waals surface area (Å²) in [5, 5.41) is 24.4. The molecule has 16 heavy (non-hydrogen) atoms. The lowest BCUT2D eigenvalue weighted by atomic mass is 10.2. The van der Waals surface area contributed by atoms with Crippen LogP contribution in [-0.2, 0) is 0 Å². The minimum absolute atomic E-state index is 0.0199. The van der Waals surface area contributed by atoms with Crippen LogP contribution >= 0.6 is 0 Å². The zero-order valence-electron chi connectivity index (χ0n) is 8.93. The van der Waals surface area contributed by atoms with Crippen molar-refractivity contribution in [1.29, 1.82) is 5.41 Å². The molecule has 0 unspecified atom stereocenters. The van der Waals surface area contributed by atoms with Crippen LogP contribution in [0, 0.1) is 5.41 Å². The van der Waals surface area contributed by atoms with Gasteiger partial charge in [0.15, 0.2) is 5.82 Å². The molecule has 1 fully saturated rings. The zero-order valence-corrected chi connectivity index (χ0v) is 8.93. The third kappa shape index (κ3) is 2.11. The number of nitrogens with zero attached hydrogens (tertiary/aromatic N) is 3. The van der Waals surface area contributed by atoms with E-state index >= 15 is 0 Å². The van der Waals surface area contributed by atoms with E-state index in [1.54, 1.807) is 6.07 Å². The second-order valence-corrected chi connectivity index (χ2v) is 3.83. The van der Waals surface area contributed by atoms with E-state index in [0.717, 1.165) is 12.8 Å². The highest BCUT2D eigenvalue weighted by Gasteiger charge is 2.31. The number of aliphatic hydroxyl groups is 1. The molecule has 0 aromatic carbocycles. The largest absolute Gasteiger partial charge is 0.395 e. The number of aromatic nitrogens is 2. The Morgan fingerprint density at radius 3 is 2.94 bits per heavy atom. The Morgan fingerprint density at radius 2 is 2.38 bits per heavy atom. The molecule has 0 aliphatic heterocycles. The van der Waals surface area contributed by atoms with Crippen molar-refractivity contribution in [1.82, 2.24) is 10.2 Å². The number of aliphatic hydroxyl groups excluding tert-OH is 1. The van der Waals surface area contributed by atoms with Crippen LogP contribution in [0.3, 0.4) is 0 Å². The highest BCUT2D eigenvalue weighted by atomic mass is 16.3. The molecular formula is C10H15N5O. The summed E-state index contributed by atoms with van der Waals surface area (Å²) in [6, 6.07) is 2.08. The molecule has 6 nitrogen and oxygen atoms in total. The molecular weight excluding hydrogens is 206 g/mol. The second kappa shape index (κ2) is 4.44. The van der Waals surface area contributed by atoms with Crippen LogP contribution in [0.4, 0.5) is 5.82 Å². The number of nitrogens with two attached hydrogens (primary N) is 1. The highest BCUT2D eigenvalue weighted by Crippen LogP contribution is 2.31. The lowest BCUT2D eigenvalue weighted by Crippen LogP contribution is -2.32. The van der Waals surface area contributed by atoms with Gasteiger partial charge in [0.1, 0.15) is 5.84 Å². The van der Waals surface area contributed by atoms with Crippen LogP contribution < -0.4 is 10.6 Å². The van der Waals surface area contributed by atoms with Crippen molar-refractivity contribution in [2.24, 2.45) is 5.73 Å². The van der Waals surface area contributed by atoms with E-state index in [1.807, 2.05) is 4.90 Å². The van der Waals surface area contributed by atoms with Crippen LogP contribution in [-0.4, -0.2) is 40.3 Å². The molecule has 1 heterocycles. The minimum atomic E-state index is -0.0199. The van der Waals surface area contributed by atoms with Gasteiger partial charge in [0.2, 0.25) is 0 Å². The van der Waals surface area contributed by atoms with Gasteiger partial charge in [0, 0.05) is 12.6 Å². The Kier molecular flexibility index (Phi) is 3.00. The van der Waals surface area contributed by atoms with Gasteiger partial charge in [-0.1, -0.05) is 0 Å². The number of anilines is 1. The van der Waals surface area contributed by atoms with Crippen LogP contribution in [0.1, 0.15) is 18.4 Å². The Balaban J connectivity index is 2.32. The molecule has 1 aromatic heterocycles. The molecule has 1 aromatic rings. The topological polar surface area (TPSA) is 99.1 Å². The second-order valence-electron chi connectivity index (χ2n) is 3.83. The standard InChI is InChI=1S/C10H15N5O/c11-9(12)8-3-4-13-14-10(8)15(5-6-16)7-1-2-7/h3-4,7,16H,1-2,5-6H2,(H3,11,12). The average Bonchev–Trinajstić information content (AvgIpc) is 3.10. The van der Waals surface area contributed by atoms with Crippen LogP contribution in [0.5, 0.6) is 0 Å². The number of nitrogens with one attached hydrogen (secondary N) is 1. The summed E-state index contributed by atoms with van der Waals surface area (Å²) in [5.74, 6) is 0.583. The maximum absolute atomic E-state index is 9.03. The van der Waals surface area contributed by atoms with Gasteiger partial charge in [-0.05, 0) is 18.9 Å². The summed E-state index contributed by atoms with van der Waals surface area (Å²) in [4.78, 5) is 1.98. The first-order valence-corrected chi connectivity index (χ1v) is 5.27. The van der Waals surface area contributed by atoms with Crippen LogP contribution in [0.2, 0.25) is 0 Å². The third-order valence-corrected chi connectivity index (χ3v) is 2.59. The van der Waals surface area contributed by atoms with Crippen molar-refractivity contribution in [3.8, 4) is 0 Å². The van der Waals surface area contributed by atoms with E-state index in [2.05, 4.69) is 10.2 Å². The van der Waals surface area contributed by atoms with Gasteiger partial charge in [-0.15, -0.1) is 5.10 Å². The minimum Gasteiger partial charge on any atom is -0.395 e. The van der Waals surface area contributed by atoms with Crippen molar-refractivity contribution in [2.45, 2.75) is 18.9 Å². The maximum Gasteiger partial charge on any atom is 0.162 e. The number of rotatable bonds is 5.